The average molecular weight is 202 g/mol. The molecule has 1 aliphatic heterocycles. The van der Waals surface area contributed by atoms with E-state index >= 15 is 0 Å². The lowest BCUT2D eigenvalue weighted by Gasteiger charge is -2.29. The second-order valence-electron chi connectivity index (χ2n) is 4.57. The maximum atomic E-state index is 5.93. The first-order valence-electron chi connectivity index (χ1n) is 5.60. The largest absolute Gasteiger partial charge is 0.362 e. The normalized spacial score (nSPS) is 25.0. The average Bonchev–Trinajstić information content (AvgIpc) is 2.68. The van der Waals surface area contributed by atoms with Gasteiger partial charge in [0.2, 0.25) is 0 Å². The third-order valence-corrected chi connectivity index (χ3v) is 2.80. The van der Waals surface area contributed by atoms with Gasteiger partial charge >= 0.3 is 0 Å². The van der Waals surface area contributed by atoms with Gasteiger partial charge in [0.15, 0.2) is 0 Å². The Bertz CT molecular complexity index is 340. The van der Waals surface area contributed by atoms with Crippen LogP contribution in [0.3, 0.4) is 0 Å². The standard InChI is InChI=1S/C14H18O/c1-12(2)11-14(9-6-10-15-14)13-7-4-3-5-8-13/h3-9,12H,10-11H2,1-2H3/t14-/m1/s1. The molecule has 1 heterocycles. The van der Waals surface area contributed by atoms with Gasteiger partial charge in [-0.25, -0.2) is 0 Å². The van der Waals surface area contributed by atoms with Gasteiger partial charge in [-0.15, -0.1) is 0 Å². The molecule has 1 heteroatoms. The Morgan fingerprint density at radius 2 is 2.00 bits per heavy atom. The van der Waals surface area contributed by atoms with E-state index in [4.69, 9.17) is 4.74 Å². The third kappa shape index (κ3) is 2.13. The number of benzene rings is 1. The van der Waals surface area contributed by atoms with Crippen LogP contribution in [0.25, 0.3) is 0 Å². The van der Waals surface area contributed by atoms with Gasteiger partial charge in [0.05, 0.1) is 6.61 Å². The van der Waals surface area contributed by atoms with Gasteiger partial charge in [-0.2, -0.15) is 0 Å². The van der Waals surface area contributed by atoms with Crippen LogP contribution in [-0.2, 0) is 10.3 Å². The number of hydrogen-bond donors (Lipinski definition) is 0. The molecule has 1 atom stereocenters. The third-order valence-electron chi connectivity index (χ3n) is 2.80. The molecule has 0 saturated heterocycles. The summed E-state index contributed by atoms with van der Waals surface area (Å²) >= 11 is 0. The van der Waals surface area contributed by atoms with Crippen molar-refractivity contribution in [2.75, 3.05) is 6.61 Å². The fraction of sp³-hybridized carbons (Fsp3) is 0.429. The van der Waals surface area contributed by atoms with E-state index in [2.05, 4.69) is 50.3 Å². The molecule has 1 nitrogen and oxygen atoms in total. The van der Waals surface area contributed by atoms with Crippen molar-refractivity contribution in [3.8, 4) is 0 Å². The summed E-state index contributed by atoms with van der Waals surface area (Å²) in [5.74, 6) is 0.632. The van der Waals surface area contributed by atoms with E-state index in [0.29, 0.717) is 5.92 Å². The topological polar surface area (TPSA) is 9.23 Å². The minimum atomic E-state index is -0.171. The van der Waals surface area contributed by atoms with Crippen molar-refractivity contribution in [2.24, 2.45) is 5.92 Å². The number of ether oxygens (including phenoxy) is 1. The monoisotopic (exact) mass is 202 g/mol. The molecule has 0 unspecified atom stereocenters. The van der Waals surface area contributed by atoms with Crippen molar-refractivity contribution in [2.45, 2.75) is 25.9 Å². The van der Waals surface area contributed by atoms with Gasteiger partial charge in [0.1, 0.15) is 5.60 Å². The molecule has 1 aromatic carbocycles. The molecule has 2 rings (SSSR count). The zero-order chi connectivity index (χ0) is 10.7. The Labute approximate surface area is 91.8 Å². The van der Waals surface area contributed by atoms with Crippen molar-refractivity contribution >= 4 is 0 Å². The number of hydrogen-bond acceptors (Lipinski definition) is 1. The van der Waals surface area contributed by atoms with Gasteiger partial charge in [-0.3, -0.25) is 0 Å². The molecule has 0 bridgehead atoms. The Morgan fingerprint density at radius 1 is 1.27 bits per heavy atom. The van der Waals surface area contributed by atoms with Crippen LogP contribution in [0.5, 0.6) is 0 Å². The Morgan fingerprint density at radius 3 is 2.53 bits per heavy atom. The summed E-state index contributed by atoms with van der Waals surface area (Å²) in [7, 11) is 0. The van der Waals surface area contributed by atoms with Crippen LogP contribution in [0.15, 0.2) is 42.5 Å². The first kappa shape index (κ1) is 10.4. The lowest BCUT2D eigenvalue weighted by Crippen LogP contribution is -2.26. The zero-order valence-corrected chi connectivity index (χ0v) is 9.44. The molecule has 80 valence electrons. The van der Waals surface area contributed by atoms with Gasteiger partial charge in [0, 0.05) is 0 Å². The molecule has 0 amide bonds. The second kappa shape index (κ2) is 4.19. The van der Waals surface area contributed by atoms with Gasteiger partial charge in [0.25, 0.3) is 0 Å². The highest BCUT2D eigenvalue weighted by Crippen LogP contribution is 2.37. The van der Waals surface area contributed by atoms with Crippen LogP contribution >= 0.6 is 0 Å². The lowest BCUT2D eigenvalue weighted by molar-refractivity contribution is 0.00609. The fourth-order valence-corrected chi connectivity index (χ4v) is 2.23. The smallest absolute Gasteiger partial charge is 0.112 e. The van der Waals surface area contributed by atoms with E-state index in [1.54, 1.807) is 0 Å². The van der Waals surface area contributed by atoms with Crippen LogP contribution in [0.1, 0.15) is 25.8 Å². The quantitative estimate of drug-likeness (QED) is 0.681. The van der Waals surface area contributed by atoms with E-state index in [1.807, 2.05) is 6.07 Å². The van der Waals surface area contributed by atoms with E-state index in [0.717, 1.165) is 13.0 Å². The second-order valence-corrected chi connectivity index (χ2v) is 4.57. The van der Waals surface area contributed by atoms with Crippen molar-refractivity contribution in [3.05, 3.63) is 48.0 Å². The molecule has 15 heavy (non-hydrogen) atoms. The minimum absolute atomic E-state index is 0.171. The summed E-state index contributed by atoms with van der Waals surface area (Å²) in [6, 6.07) is 10.5. The summed E-state index contributed by atoms with van der Waals surface area (Å²) in [4.78, 5) is 0. The Kier molecular flexibility index (Phi) is 2.92. The minimum Gasteiger partial charge on any atom is -0.362 e. The summed E-state index contributed by atoms with van der Waals surface area (Å²) in [5, 5.41) is 0. The Balaban J connectivity index is 2.31. The summed E-state index contributed by atoms with van der Waals surface area (Å²) < 4.78 is 5.93. The highest BCUT2D eigenvalue weighted by molar-refractivity contribution is 5.29. The predicted octanol–water partition coefficient (Wildman–Crippen LogP) is 3.51. The lowest BCUT2D eigenvalue weighted by atomic mass is 9.86. The molecule has 0 N–H and O–H groups in total. The van der Waals surface area contributed by atoms with Crippen molar-refractivity contribution in [1.82, 2.24) is 0 Å². The molecule has 1 aliphatic rings. The SMILES string of the molecule is CC(C)C[C@@]1(c2ccccc2)C=CCO1. The van der Waals surface area contributed by atoms with E-state index in [1.165, 1.54) is 5.56 Å². The molecule has 1 aromatic rings. The predicted molar refractivity (Wildman–Crippen MR) is 62.7 cm³/mol. The summed E-state index contributed by atoms with van der Waals surface area (Å²) in [6.45, 7) is 5.21. The first-order chi connectivity index (χ1) is 7.23. The highest BCUT2D eigenvalue weighted by atomic mass is 16.5. The molecule has 0 aromatic heterocycles. The van der Waals surface area contributed by atoms with Crippen molar-refractivity contribution < 1.29 is 4.74 Å². The maximum Gasteiger partial charge on any atom is 0.112 e. The summed E-state index contributed by atoms with van der Waals surface area (Å²) in [5.41, 5.74) is 1.10. The van der Waals surface area contributed by atoms with Crippen molar-refractivity contribution in [3.63, 3.8) is 0 Å². The van der Waals surface area contributed by atoms with E-state index in [-0.39, 0.29) is 5.60 Å². The first-order valence-corrected chi connectivity index (χ1v) is 5.60. The van der Waals surface area contributed by atoms with E-state index < -0.39 is 0 Å². The molecule has 0 aliphatic carbocycles. The van der Waals surface area contributed by atoms with Crippen LogP contribution in [-0.4, -0.2) is 6.61 Å². The van der Waals surface area contributed by atoms with Crippen LogP contribution < -0.4 is 0 Å². The maximum absolute atomic E-state index is 5.93. The molecule has 0 fully saturated rings. The molecule has 0 radical (unpaired) electrons. The van der Waals surface area contributed by atoms with Gasteiger partial charge < -0.3 is 4.74 Å². The van der Waals surface area contributed by atoms with Gasteiger partial charge in [-0.05, 0) is 17.9 Å². The molecular formula is C14H18O. The van der Waals surface area contributed by atoms with Crippen LogP contribution in [0.2, 0.25) is 0 Å². The highest BCUT2D eigenvalue weighted by Gasteiger charge is 2.33. The zero-order valence-electron chi connectivity index (χ0n) is 9.44. The molecule has 0 saturated carbocycles. The molecular weight excluding hydrogens is 184 g/mol. The van der Waals surface area contributed by atoms with Gasteiger partial charge in [-0.1, -0.05) is 56.3 Å². The van der Waals surface area contributed by atoms with Crippen molar-refractivity contribution in [1.29, 1.82) is 0 Å². The number of rotatable bonds is 3. The van der Waals surface area contributed by atoms with E-state index in [9.17, 15) is 0 Å². The van der Waals surface area contributed by atoms with Crippen LogP contribution in [0, 0.1) is 5.92 Å². The molecule has 0 spiro atoms. The Hall–Kier alpha value is -1.08. The fourth-order valence-electron chi connectivity index (χ4n) is 2.23. The summed E-state index contributed by atoms with van der Waals surface area (Å²) in [6.07, 6.45) is 5.38. The van der Waals surface area contributed by atoms with Crippen LogP contribution in [0.4, 0.5) is 0 Å².